The van der Waals surface area contributed by atoms with E-state index in [1.54, 1.807) is 11.0 Å². The Bertz CT molecular complexity index is 921. The fourth-order valence-corrected chi connectivity index (χ4v) is 7.43. The van der Waals surface area contributed by atoms with E-state index in [2.05, 4.69) is 0 Å². The van der Waals surface area contributed by atoms with Crippen molar-refractivity contribution < 1.29 is 17.9 Å². The predicted molar refractivity (Wildman–Crippen MR) is 89.1 cm³/mol. The molecule has 8 heteroatoms. The second-order valence-corrected chi connectivity index (χ2v) is 9.63. The van der Waals surface area contributed by atoms with Gasteiger partial charge in [0.1, 0.15) is 4.21 Å². The number of amides is 1. The summed E-state index contributed by atoms with van der Waals surface area (Å²) in [5.74, 6) is -0.00580. The van der Waals surface area contributed by atoms with Gasteiger partial charge in [-0.3, -0.25) is 4.79 Å². The Labute approximate surface area is 143 Å². The lowest BCUT2D eigenvalue weighted by molar-refractivity contribution is -0.136. The van der Waals surface area contributed by atoms with E-state index in [4.69, 9.17) is 4.74 Å². The van der Waals surface area contributed by atoms with E-state index >= 15 is 0 Å². The number of ether oxygens (including phenoxy) is 1. The Morgan fingerprint density at radius 2 is 2.08 bits per heavy atom. The summed E-state index contributed by atoms with van der Waals surface area (Å²) in [5, 5.41) is 0.927. The van der Waals surface area contributed by atoms with Crippen LogP contribution < -0.4 is 0 Å². The van der Waals surface area contributed by atoms with Crippen LogP contribution in [-0.4, -0.2) is 55.0 Å². The second-order valence-electron chi connectivity index (χ2n) is 6.43. The van der Waals surface area contributed by atoms with E-state index in [9.17, 15) is 13.2 Å². The fraction of sp³-hybridized carbons (Fsp3) is 0.438. The number of rotatable bonds is 2. The summed E-state index contributed by atoms with van der Waals surface area (Å²) in [4.78, 5) is 14.0. The molecule has 3 aliphatic heterocycles. The smallest absolute Gasteiger partial charge is 0.253 e. The van der Waals surface area contributed by atoms with Crippen LogP contribution in [0.25, 0.3) is 10.1 Å². The molecule has 0 N–H and O–H groups in total. The minimum atomic E-state index is -3.63. The number of sulfonamides is 1. The maximum Gasteiger partial charge on any atom is 0.253 e. The molecule has 5 rings (SSSR count). The van der Waals surface area contributed by atoms with Gasteiger partial charge in [-0.15, -0.1) is 11.3 Å². The lowest BCUT2D eigenvalue weighted by Crippen LogP contribution is -2.48. The molecule has 4 heterocycles. The number of carbonyl (C=O) groups excluding carboxylic acids is 1. The van der Waals surface area contributed by atoms with Crippen molar-refractivity contribution in [3.63, 3.8) is 0 Å². The van der Waals surface area contributed by atoms with Crippen molar-refractivity contribution >= 4 is 37.4 Å². The first-order chi connectivity index (χ1) is 11.5. The van der Waals surface area contributed by atoms with Crippen molar-refractivity contribution in [1.29, 1.82) is 0 Å². The molecule has 0 radical (unpaired) electrons. The summed E-state index contributed by atoms with van der Waals surface area (Å²) in [5.41, 5.74) is -0.735. The third kappa shape index (κ3) is 1.77. The zero-order valence-electron chi connectivity index (χ0n) is 12.8. The number of nitrogens with zero attached hydrogens (tertiary/aromatic N) is 2. The van der Waals surface area contributed by atoms with Gasteiger partial charge < -0.3 is 9.64 Å². The van der Waals surface area contributed by atoms with E-state index in [0.29, 0.717) is 30.3 Å². The third-order valence-electron chi connectivity index (χ3n) is 5.32. The Morgan fingerprint density at radius 1 is 1.25 bits per heavy atom. The summed E-state index contributed by atoms with van der Waals surface area (Å²) in [6.07, 6.45) is 0.762. The molecule has 3 saturated heterocycles. The van der Waals surface area contributed by atoms with Crippen LogP contribution in [0.5, 0.6) is 0 Å². The molecule has 6 nitrogen and oxygen atoms in total. The number of benzene rings is 1. The average molecular weight is 364 g/mol. The van der Waals surface area contributed by atoms with Gasteiger partial charge in [0.15, 0.2) is 5.72 Å². The second kappa shape index (κ2) is 4.78. The number of hydrogen-bond acceptors (Lipinski definition) is 5. The molecule has 3 aliphatic rings. The number of carbonyl (C=O) groups is 1. The van der Waals surface area contributed by atoms with Gasteiger partial charge in [-0.1, -0.05) is 18.2 Å². The summed E-state index contributed by atoms with van der Waals surface area (Å²) >= 11 is 1.28. The molecule has 2 aromatic rings. The fourth-order valence-electron chi connectivity index (χ4n) is 4.24. The van der Waals surface area contributed by atoms with Crippen molar-refractivity contribution in [1.82, 2.24) is 9.21 Å². The van der Waals surface area contributed by atoms with Crippen molar-refractivity contribution in [3.8, 4) is 0 Å². The molecule has 126 valence electrons. The van der Waals surface area contributed by atoms with Crippen LogP contribution in [0, 0.1) is 0 Å². The lowest BCUT2D eigenvalue weighted by atomic mass is 10.1. The minimum absolute atomic E-state index is 0.00580. The van der Waals surface area contributed by atoms with Gasteiger partial charge in [0.2, 0.25) is 5.91 Å². The van der Waals surface area contributed by atoms with Crippen LogP contribution in [0.15, 0.2) is 34.5 Å². The van der Waals surface area contributed by atoms with Crippen LogP contribution in [-0.2, 0) is 19.6 Å². The number of thiophene rings is 1. The van der Waals surface area contributed by atoms with Gasteiger partial charge in [-0.2, -0.15) is 4.31 Å². The van der Waals surface area contributed by atoms with E-state index in [0.717, 1.165) is 10.1 Å². The molecular weight excluding hydrogens is 348 g/mol. The Balaban J connectivity index is 1.57. The lowest BCUT2D eigenvalue weighted by Gasteiger charge is -2.31. The Hall–Kier alpha value is -1.48. The first kappa shape index (κ1) is 14.8. The van der Waals surface area contributed by atoms with Crippen LogP contribution in [0.4, 0.5) is 0 Å². The monoisotopic (exact) mass is 364 g/mol. The molecule has 0 saturated carbocycles. The largest absolute Gasteiger partial charge is 0.352 e. The van der Waals surface area contributed by atoms with Crippen molar-refractivity contribution in [2.24, 2.45) is 0 Å². The van der Waals surface area contributed by atoms with Crippen LogP contribution in [0.1, 0.15) is 12.8 Å². The molecule has 3 fully saturated rings. The van der Waals surface area contributed by atoms with E-state index < -0.39 is 21.8 Å². The maximum absolute atomic E-state index is 13.2. The molecule has 0 unspecified atom stereocenters. The van der Waals surface area contributed by atoms with E-state index in [1.165, 1.54) is 15.6 Å². The number of fused-ring (bicyclic) bond motifs is 1. The topological polar surface area (TPSA) is 66.9 Å². The summed E-state index contributed by atoms with van der Waals surface area (Å²) < 4.78 is 35.0. The molecule has 1 aromatic carbocycles. The van der Waals surface area contributed by atoms with Crippen molar-refractivity contribution in [2.45, 2.75) is 28.8 Å². The van der Waals surface area contributed by atoms with Gasteiger partial charge in [0.05, 0.1) is 12.6 Å². The third-order valence-corrected chi connectivity index (χ3v) is 8.79. The van der Waals surface area contributed by atoms with Gasteiger partial charge in [0.25, 0.3) is 10.0 Å². The standard InChI is InChI=1S/C16H16N2O4S2/c19-14-10-13-16(17(14)7-8-22-16)5-6-18(13)24(20,21)15-9-11-3-1-2-4-12(11)23-15/h1-4,9,13H,5-8,10H2/t13-,16+/m1/s1. The molecule has 1 amide bonds. The van der Waals surface area contributed by atoms with Gasteiger partial charge in [-0.25, -0.2) is 8.42 Å². The molecule has 1 spiro atoms. The van der Waals surface area contributed by atoms with Gasteiger partial charge in [0, 0.05) is 30.6 Å². The molecule has 1 aromatic heterocycles. The summed E-state index contributed by atoms with van der Waals surface area (Å²) in [6, 6.07) is 8.95. The maximum atomic E-state index is 13.2. The average Bonchev–Trinajstić information content (AvgIpc) is 3.28. The zero-order valence-corrected chi connectivity index (χ0v) is 14.5. The molecule has 24 heavy (non-hydrogen) atoms. The Morgan fingerprint density at radius 3 is 2.92 bits per heavy atom. The zero-order chi connectivity index (χ0) is 16.5. The summed E-state index contributed by atoms with van der Waals surface area (Å²) in [6.45, 7) is 1.44. The molecular formula is C16H16N2O4S2. The van der Waals surface area contributed by atoms with Crippen molar-refractivity contribution in [3.05, 3.63) is 30.3 Å². The van der Waals surface area contributed by atoms with Crippen molar-refractivity contribution in [2.75, 3.05) is 19.7 Å². The highest BCUT2D eigenvalue weighted by Crippen LogP contribution is 2.48. The SMILES string of the molecule is O=C1C[C@H]2N(S(=O)(=O)c3cc4ccccc4s3)CC[C@]23OCCN13. The van der Waals surface area contributed by atoms with E-state index in [-0.39, 0.29) is 12.3 Å². The van der Waals surface area contributed by atoms with Crippen LogP contribution >= 0.6 is 11.3 Å². The minimum Gasteiger partial charge on any atom is -0.352 e. The van der Waals surface area contributed by atoms with Crippen LogP contribution in [0.2, 0.25) is 0 Å². The normalized spacial score (nSPS) is 30.2. The summed E-state index contributed by atoms with van der Waals surface area (Å²) in [7, 11) is -3.63. The quantitative estimate of drug-likeness (QED) is 0.812. The van der Waals surface area contributed by atoms with Gasteiger partial charge >= 0.3 is 0 Å². The highest BCUT2D eigenvalue weighted by Gasteiger charge is 2.64. The first-order valence-corrected chi connectivity index (χ1v) is 10.2. The Kier molecular flexibility index (Phi) is 2.96. The highest BCUT2D eigenvalue weighted by molar-refractivity contribution is 7.91. The van der Waals surface area contributed by atoms with E-state index in [1.807, 2.05) is 24.3 Å². The van der Waals surface area contributed by atoms with Crippen LogP contribution in [0.3, 0.4) is 0 Å². The van der Waals surface area contributed by atoms with Gasteiger partial charge in [-0.05, 0) is 17.5 Å². The predicted octanol–water partition coefficient (Wildman–Crippen LogP) is 1.62. The first-order valence-electron chi connectivity index (χ1n) is 7.97. The highest BCUT2D eigenvalue weighted by atomic mass is 32.2. The molecule has 0 bridgehead atoms. The molecule has 0 aliphatic carbocycles. The molecule has 2 atom stereocenters. The number of hydrogen-bond donors (Lipinski definition) is 0.